The maximum absolute atomic E-state index is 5.10. The lowest BCUT2D eigenvalue weighted by Crippen LogP contribution is -1.63. The largest absolute Gasteiger partial charge is 0.421 e. The van der Waals surface area contributed by atoms with E-state index in [4.69, 9.17) is 4.18 Å². The van der Waals surface area contributed by atoms with Crippen LogP contribution in [0.2, 0.25) is 0 Å². The Morgan fingerprint density at radius 2 is 2.38 bits per heavy atom. The van der Waals surface area contributed by atoms with Gasteiger partial charge in [-0.25, -0.2) is 0 Å². The molecule has 40 valence electrons. The number of fused-ring (bicyclic) bond motifs is 2. The molecular weight excluding hydrogens is 120 g/mol. The highest BCUT2D eigenvalue weighted by Gasteiger charge is 2.05. The molecule has 1 aliphatic heterocycles. The molecule has 2 heteroatoms. The second-order valence-corrected chi connectivity index (χ2v) is 2.45. The first-order valence-electron chi connectivity index (χ1n) is 2.40. The lowest BCUT2D eigenvalue weighted by molar-refractivity contribution is 0.662. The Balaban J connectivity index is 2.66. The number of rotatable bonds is 0. The summed E-state index contributed by atoms with van der Waals surface area (Å²) >= 11 is 1.42. The standard InChI is InChI=1S/C6H4OS/c1-2-5-4-6(3-1)8-7-5/h1-4H. The van der Waals surface area contributed by atoms with E-state index in [1.54, 1.807) is 0 Å². The molecule has 0 fully saturated rings. The van der Waals surface area contributed by atoms with E-state index in [9.17, 15) is 0 Å². The molecule has 8 heavy (non-hydrogen) atoms. The predicted molar refractivity (Wildman–Crippen MR) is 32.9 cm³/mol. The van der Waals surface area contributed by atoms with Crippen molar-refractivity contribution in [2.45, 2.75) is 4.90 Å². The number of hydrogen-bond acceptors (Lipinski definition) is 2. The molecule has 0 aromatic heterocycles. The van der Waals surface area contributed by atoms with Crippen LogP contribution in [0.25, 0.3) is 0 Å². The van der Waals surface area contributed by atoms with Crippen molar-refractivity contribution in [3.05, 3.63) is 24.3 Å². The summed E-state index contributed by atoms with van der Waals surface area (Å²) in [5, 5.41) is 0. The van der Waals surface area contributed by atoms with Gasteiger partial charge in [0.05, 0.1) is 16.9 Å². The Kier molecular flexibility index (Phi) is 0.758. The zero-order valence-electron chi connectivity index (χ0n) is 4.13. The van der Waals surface area contributed by atoms with Crippen LogP contribution in [0.5, 0.6) is 5.75 Å². The summed E-state index contributed by atoms with van der Waals surface area (Å²) in [5.41, 5.74) is 0. The highest BCUT2D eigenvalue weighted by Crippen LogP contribution is 2.32. The van der Waals surface area contributed by atoms with Gasteiger partial charge >= 0.3 is 0 Å². The van der Waals surface area contributed by atoms with Crippen LogP contribution in [0.15, 0.2) is 29.2 Å². The molecule has 0 N–H and O–H groups in total. The monoisotopic (exact) mass is 124 g/mol. The molecule has 1 aliphatic rings. The van der Waals surface area contributed by atoms with E-state index >= 15 is 0 Å². The Labute approximate surface area is 51.9 Å². The first-order valence-corrected chi connectivity index (χ1v) is 3.14. The minimum Gasteiger partial charge on any atom is -0.421 e. The third-order valence-corrected chi connectivity index (χ3v) is 1.76. The summed E-state index contributed by atoms with van der Waals surface area (Å²) < 4.78 is 5.10. The Bertz CT molecular complexity index is 190. The van der Waals surface area contributed by atoms with Crippen molar-refractivity contribution in [1.82, 2.24) is 0 Å². The normalized spacial score (nSPS) is 13.5. The van der Waals surface area contributed by atoms with Crippen LogP contribution in [0.1, 0.15) is 0 Å². The third-order valence-electron chi connectivity index (χ3n) is 1.04. The molecule has 1 aromatic rings. The van der Waals surface area contributed by atoms with Crippen LogP contribution < -0.4 is 4.18 Å². The van der Waals surface area contributed by atoms with Gasteiger partial charge in [-0.15, -0.1) is 0 Å². The molecule has 0 amide bonds. The molecule has 0 spiro atoms. The zero-order valence-corrected chi connectivity index (χ0v) is 4.94. The predicted octanol–water partition coefficient (Wildman–Crippen LogP) is 2.09. The maximum Gasteiger partial charge on any atom is 0.139 e. The summed E-state index contributed by atoms with van der Waals surface area (Å²) in [6.07, 6.45) is 0. The van der Waals surface area contributed by atoms with Gasteiger partial charge in [0.2, 0.25) is 0 Å². The second-order valence-electron chi connectivity index (χ2n) is 1.64. The quantitative estimate of drug-likeness (QED) is 0.490. The van der Waals surface area contributed by atoms with Crippen LogP contribution in [-0.2, 0) is 0 Å². The van der Waals surface area contributed by atoms with Gasteiger partial charge in [-0.3, -0.25) is 0 Å². The van der Waals surface area contributed by atoms with Gasteiger partial charge in [0.25, 0.3) is 0 Å². The van der Waals surface area contributed by atoms with Crippen molar-refractivity contribution in [2.24, 2.45) is 0 Å². The van der Waals surface area contributed by atoms with Crippen LogP contribution in [-0.4, -0.2) is 0 Å². The number of benzene rings is 1. The van der Waals surface area contributed by atoms with E-state index in [1.165, 1.54) is 16.9 Å². The molecule has 1 aromatic carbocycles. The first kappa shape index (κ1) is 4.27. The smallest absolute Gasteiger partial charge is 0.139 e. The molecule has 0 saturated heterocycles. The Hall–Kier alpha value is -0.630. The average Bonchev–Trinajstić information content (AvgIpc) is 2.12. The molecule has 0 unspecified atom stereocenters. The van der Waals surface area contributed by atoms with Gasteiger partial charge in [0, 0.05) is 0 Å². The van der Waals surface area contributed by atoms with Crippen LogP contribution >= 0.6 is 12.0 Å². The van der Waals surface area contributed by atoms with E-state index in [2.05, 4.69) is 0 Å². The lowest BCUT2D eigenvalue weighted by Gasteiger charge is -1.84. The zero-order chi connectivity index (χ0) is 5.40. The fourth-order valence-electron chi connectivity index (χ4n) is 0.674. The highest BCUT2D eigenvalue weighted by atomic mass is 32.2. The fraction of sp³-hybridized carbons (Fsp3) is 0. The highest BCUT2D eigenvalue weighted by molar-refractivity contribution is 7.95. The Morgan fingerprint density at radius 1 is 1.38 bits per heavy atom. The molecule has 2 rings (SSSR count). The Morgan fingerprint density at radius 3 is 3.12 bits per heavy atom. The minimum atomic E-state index is 0.965. The van der Waals surface area contributed by atoms with Gasteiger partial charge < -0.3 is 4.18 Å². The molecule has 2 bridgehead atoms. The van der Waals surface area contributed by atoms with E-state index in [1.807, 2.05) is 24.3 Å². The van der Waals surface area contributed by atoms with Crippen LogP contribution in [0.3, 0.4) is 0 Å². The SMILES string of the molecule is c1cc2cc(c1)SO2. The topological polar surface area (TPSA) is 9.23 Å². The van der Waals surface area contributed by atoms with E-state index in [0.29, 0.717) is 0 Å². The van der Waals surface area contributed by atoms with Crippen molar-refractivity contribution < 1.29 is 4.18 Å². The summed E-state index contributed by atoms with van der Waals surface area (Å²) in [6, 6.07) is 7.99. The second kappa shape index (κ2) is 1.42. The average molecular weight is 124 g/mol. The molecule has 1 nitrogen and oxygen atoms in total. The third kappa shape index (κ3) is 0.497. The van der Waals surface area contributed by atoms with Crippen molar-refractivity contribution in [3.63, 3.8) is 0 Å². The summed E-state index contributed by atoms with van der Waals surface area (Å²) in [6.45, 7) is 0. The van der Waals surface area contributed by atoms with Gasteiger partial charge in [-0.05, 0) is 18.2 Å². The van der Waals surface area contributed by atoms with Crippen molar-refractivity contribution in [3.8, 4) is 5.75 Å². The first-order chi connectivity index (χ1) is 3.95. The number of hydrogen-bond donors (Lipinski definition) is 0. The van der Waals surface area contributed by atoms with Crippen molar-refractivity contribution in [1.29, 1.82) is 0 Å². The van der Waals surface area contributed by atoms with E-state index < -0.39 is 0 Å². The molecule has 0 atom stereocenters. The van der Waals surface area contributed by atoms with Gasteiger partial charge in [0.15, 0.2) is 0 Å². The summed E-state index contributed by atoms with van der Waals surface area (Å²) in [4.78, 5) is 1.20. The van der Waals surface area contributed by atoms with Crippen LogP contribution in [0, 0.1) is 0 Å². The molecule has 1 heterocycles. The lowest BCUT2D eigenvalue weighted by atomic mass is 10.3. The summed E-state index contributed by atoms with van der Waals surface area (Å²) in [7, 11) is 0. The minimum absolute atomic E-state index is 0.965. The molecule has 0 aliphatic carbocycles. The van der Waals surface area contributed by atoms with Crippen molar-refractivity contribution >= 4 is 12.0 Å². The molecular formula is C6H4OS. The van der Waals surface area contributed by atoms with Crippen LogP contribution in [0.4, 0.5) is 0 Å². The van der Waals surface area contributed by atoms with Gasteiger partial charge in [0.1, 0.15) is 5.75 Å². The van der Waals surface area contributed by atoms with Gasteiger partial charge in [-0.1, -0.05) is 6.07 Å². The fourth-order valence-corrected chi connectivity index (χ4v) is 1.27. The molecule has 0 saturated carbocycles. The molecule has 0 radical (unpaired) electrons. The summed E-state index contributed by atoms with van der Waals surface area (Å²) in [5.74, 6) is 0.965. The van der Waals surface area contributed by atoms with E-state index in [-0.39, 0.29) is 0 Å². The van der Waals surface area contributed by atoms with Gasteiger partial charge in [-0.2, -0.15) is 0 Å². The van der Waals surface area contributed by atoms with Crippen molar-refractivity contribution in [2.75, 3.05) is 0 Å². The van der Waals surface area contributed by atoms with E-state index in [0.717, 1.165) is 5.75 Å². The maximum atomic E-state index is 5.10.